The van der Waals surface area contributed by atoms with E-state index < -0.39 is 0 Å². The molecule has 1 amide bonds. The third kappa shape index (κ3) is 6.57. The molecule has 0 atom stereocenters. The van der Waals surface area contributed by atoms with Crippen LogP contribution in [-0.4, -0.2) is 41.5 Å². The first kappa shape index (κ1) is 25.2. The molecular formula is C28H29NO6. The Morgan fingerprint density at radius 2 is 1.37 bits per heavy atom. The van der Waals surface area contributed by atoms with Gasteiger partial charge in [0.2, 0.25) is 11.7 Å². The van der Waals surface area contributed by atoms with Crippen molar-refractivity contribution >= 4 is 29.8 Å². The molecule has 7 nitrogen and oxygen atoms in total. The Morgan fingerprint density at radius 3 is 2.00 bits per heavy atom. The van der Waals surface area contributed by atoms with E-state index in [2.05, 4.69) is 5.32 Å². The average molecular weight is 476 g/mol. The van der Waals surface area contributed by atoms with Gasteiger partial charge in [-0.05, 0) is 59.7 Å². The average Bonchev–Trinajstić information content (AvgIpc) is 2.90. The van der Waals surface area contributed by atoms with Crippen LogP contribution in [0.4, 0.5) is 5.69 Å². The molecule has 1 N–H and O–H groups in total. The third-order valence-electron chi connectivity index (χ3n) is 5.18. The lowest BCUT2D eigenvalue weighted by atomic mass is 10.1. The predicted molar refractivity (Wildman–Crippen MR) is 139 cm³/mol. The van der Waals surface area contributed by atoms with Gasteiger partial charge in [-0.25, -0.2) is 0 Å². The van der Waals surface area contributed by atoms with Crippen molar-refractivity contribution in [2.24, 2.45) is 0 Å². The van der Waals surface area contributed by atoms with Crippen LogP contribution in [0.5, 0.6) is 28.7 Å². The molecule has 0 unspecified atom stereocenters. The number of hydrogen-bond acceptors (Lipinski definition) is 6. The number of hydrogen-bond donors (Lipinski definition) is 1. The fraction of sp³-hybridized carbons (Fsp3) is 0.179. The maximum atomic E-state index is 12.6. The molecule has 35 heavy (non-hydrogen) atoms. The Bertz CT molecular complexity index is 1210. The summed E-state index contributed by atoms with van der Waals surface area (Å²) < 4.78 is 26.8. The van der Waals surface area contributed by atoms with Gasteiger partial charge >= 0.3 is 0 Å². The molecule has 0 bridgehead atoms. The Hall–Kier alpha value is -4.39. The van der Waals surface area contributed by atoms with Crippen molar-refractivity contribution in [1.29, 1.82) is 0 Å². The number of amides is 1. The summed E-state index contributed by atoms with van der Waals surface area (Å²) in [7, 11) is 7.90. The van der Waals surface area contributed by atoms with Crippen LogP contribution in [0.1, 0.15) is 16.7 Å². The molecule has 0 aromatic heterocycles. The second-order valence-corrected chi connectivity index (χ2v) is 7.34. The van der Waals surface area contributed by atoms with Gasteiger partial charge in [-0.1, -0.05) is 24.3 Å². The SMILES string of the molecule is COc1cccc(/C=C/C(=O)Nc2ccc(OC)cc2/C=C/c2cc(OC)c(OC)c(OC)c2)c1. The van der Waals surface area contributed by atoms with Gasteiger partial charge in [-0.2, -0.15) is 0 Å². The van der Waals surface area contributed by atoms with E-state index in [0.29, 0.717) is 28.7 Å². The summed E-state index contributed by atoms with van der Waals surface area (Å²) in [5.74, 6) is 2.74. The third-order valence-corrected chi connectivity index (χ3v) is 5.18. The summed E-state index contributed by atoms with van der Waals surface area (Å²) in [6.07, 6.45) is 6.98. The van der Waals surface area contributed by atoms with Crippen molar-refractivity contribution in [3.05, 3.63) is 77.4 Å². The lowest BCUT2D eigenvalue weighted by Gasteiger charge is -2.13. The zero-order valence-electron chi connectivity index (χ0n) is 20.5. The normalized spacial score (nSPS) is 10.9. The summed E-state index contributed by atoms with van der Waals surface area (Å²) in [5, 5.41) is 2.93. The molecule has 7 heteroatoms. The Kier molecular flexibility index (Phi) is 8.78. The fourth-order valence-corrected chi connectivity index (χ4v) is 3.39. The van der Waals surface area contributed by atoms with Crippen molar-refractivity contribution in [2.75, 3.05) is 40.9 Å². The maximum Gasteiger partial charge on any atom is 0.248 e. The van der Waals surface area contributed by atoms with Crippen LogP contribution in [0.2, 0.25) is 0 Å². The molecule has 0 aliphatic rings. The van der Waals surface area contributed by atoms with E-state index in [9.17, 15) is 4.79 Å². The highest BCUT2D eigenvalue weighted by Crippen LogP contribution is 2.38. The molecule has 182 valence electrons. The van der Waals surface area contributed by atoms with Crippen LogP contribution in [0.15, 0.2) is 60.7 Å². The number of carbonyl (C=O) groups is 1. The highest BCUT2D eigenvalue weighted by molar-refractivity contribution is 6.03. The molecule has 0 radical (unpaired) electrons. The summed E-state index contributed by atoms with van der Waals surface area (Å²) in [5.41, 5.74) is 3.09. The van der Waals surface area contributed by atoms with Gasteiger partial charge in [-0.3, -0.25) is 4.79 Å². The van der Waals surface area contributed by atoms with Crippen LogP contribution in [-0.2, 0) is 4.79 Å². The van der Waals surface area contributed by atoms with Crippen LogP contribution >= 0.6 is 0 Å². The minimum absolute atomic E-state index is 0.263. The molecule has 0 aliphatic carbocycles. The zero-order valence-corrected chi connectivity index (χ0v) is 20.5. The molecule has 3 aromatic carbocycles. The Labute approximate surface area is 205 Å². The molecule has 0 aliphatic heterocycles. The zero-order chi connectivity index (χ0) is 25.2. The molecule has 0 saturated heterocycles. The first-order valence-corrected chi connectivity index (χ1v) is 10.8. The first-order chi connectivity index (χ1) is 17.0. The monoisotopic (exact) mass is 475 g/mol. The molecule has 3 aromatic rings. The quantitative estimate of drug-likeness (QED) is 0.306. The van der Waals surface area contributed by atoms with Gasteiger partial charge in [0.1, 0.15) is 11.5 Å². The molecule has 0 saturated carbocycles. The number of nitrogens with one attached hydrogen (secondary N) is 1. The van der Waals surface area contributed by atoms with Crippen molar-refractivity contribution < 1.29 is 28.5 Å². The summed E-state index contributed by atoms with van der Waals surface area (Å²) >= 11 is 0. The maximum absolute atomic E-state index is 12.6. The summed E-state index contributed by atoms with van der Waals surface area (Å²) in [6.45, 7) is 0. The van der Waals surface area contributed by atoms with Gasteiger partial charge in [0.05, 0.1) is 35.5 Å². The molecular weight excluding hydrogens is 446 g/mol. The van der Waals surface area contributed by atoms with E-state index in [4.69, 9.17) is 23.7 Å². The highest BCUT2D eigenvalue weighted by atomic mass is 16.5. The van der Waals surface area contributed by atoms with Crippen LogP contribution in [0.25, 0.3) is 18.2 Å². The minimum atomic E-state index is -0.263. The molecule has 0 fully saturated rings. The summed E-state index contributed by atoms with van der Waals surface area (Å²) in [4.78, 5) is 12.6. The standard InChI is InChI=1S/C28H29NO6/c1-31-22-8-6-7-19(15-22)10-14-27(30)29-24-13-12-23(32-2)18-21(24)11-9-20-16-25(33-3)28(35-5)26(17-20)34-4/h6-18H,1-5H3,(H,29,30)/b11-9+,14-10+. The molecule has 3 rings (SSSR count). The number of ether oxygens (including phenoxy) is 5. The second kappa shape index (κ2) is 12.2. The van der Waals surface area contributed by atoms with Crippen LogP contribution in [0, 0.1) is 0 Å². The van der Waals surface area contributed by atoms with Crippen LogP contribution in [0.3, 0.4) is 0 Å². The van der Waals surface area contributed by atoms with E-state index in [1.54, 1.807) is 53.8 Å². The number of benzene rings is 3. The van der Waals surface area contributed by atoms with Crippen molar-refractivity contribution in [2.45, 2.75) is 0 Å². The van der Waals surface area contributed by atoms with E-state index in [-0.39, 0.29) is 5.91 Å². The number of carbonyl (C=O) groups excluding carboxylic acids is 1. The molecule has 0 heterocycles. The van der Waals surface area contributed by atoms with Crippen molar-refractivity contribution in [1.82, 2.24) is 0 Å². The lowest BCUT2D eigenvalue weighted by Crippen LogP contribution is -2.09. The van der Waals surface area contributed by atoms with Gasteiger partial charge in [0.15, 0.2) is 11.5 Å². The van der Waals surface area contributed by atoms with E-state index in [1.807, 2.05) is 54.6 Å². The Balaban J connectivity index is 1.86. The fourth-order valence-electron chi connectivity index (χ4n) is 3.39. The number of rotatable bonds is 10. The predicted octanol–water partition coefficient (Wildman–Crippen LogP) is 5.55. The van der Waals surface area contributed by atoms with Gasteiger partial charge in [-0.15, -0.1) is 0 Å². The minimum Gasteiger partial charge on any atom is -0.497 e. The van der Waals surface area contributed by atoms with Gasteiger partial charge in [0.25, 0.3) is 0 Å². The number of methoxy groups -OCH3 is 5. The van der Waals surface area contributed by atoms with E-state index in [1.165, 1.54) is 6.08 Å². The van der Waals surface area contributed by atoms with Crippen molar-refractivity contribution in [3.8, 4) is 28.7 Å². The van der Waals surface area contributed by atoms with Gasteiger partial charge < -0.3 is 29.0 Å². The van der Waals surface area contributed by atoms with Crippen LogP contribution < -0.4 is 29.0 Å². The topological polar surface area (TPSA) is 75.3 Å². The summed E-state index contributed by atoms with van der Waals surface area (Å²) in [6, 6.07) is 16.6. The Morgan fingerprint density at radius 1 is 0.686 bits per heavy atom. The molecule has 0 spiro atoms. The van der Waals surface area contributed by atoms with E-state index >= 15 is 0 Å². The highest BCUT2D eigenvalue weighted by Gasteiger charge is 2.12. The second-order valence-electron chi connectivity index (χ2n) is 7.34. The largest absolute Gasteiger partial charge is 0.497 e. The lowest BCUT2D eigenvalue weighted by molar-refractivity contribution is -0.111. The van der Waals surface area contributed by atoms with E-state index in [0.717, 1.165) is 22.4 Å². The number of anilines is 1. The first-order valence-electron chi connectivity index (χ1n) is 10.8. The smallest absolute Gasteiger partial charge is 0.248 e. The van der Waals surface area contributed by atoms with Gasteiger partial charge in [0, 0.05) is 17.3 Å². The van der Waals surface area contributed by atoms with Crippen molar-refractivity contribution in [3.63, 3.8) is 0 Å².